The number of thioether (sulfide) groups is 1. The van der Waals surface area contributed by atoms with Gasteiger partial charge in [0.2, 0.25) is 0 Å². The second kappa shape index (κ2) is 8.54. The van der Waals surface area contributed by atoms with Crippen molar-refractivity contribution < 1.29 is 9.72 Å². The molecular formula is C20H23N3O3S. The lowest BCUT2D eigenvalue weighted by Crippen LogP contribution is -2.32. The number of anilines is 1. The highest BCUT2D eigenvalue weighted by molar-refractivity contribution is 7.99. The van der Waals surface area contributed by atoms with E-state index in [9.17, 15) is 14.9 Å². The smallest absolute Gasteiger partial charge is 0.285 e. The topological polar surface area (TPSA) is 75.5 Å². The molecule has 0 atom stereocenters. The van der Waals surface area contributed by atoms with Crippen LogP contribution < -0.4 is 5.32 Å². The third-order valence-corrected chi connectivity index (χ3v) is 5.67. The zero-order valence-electron chi connectivity index (χ0n) is 15.5. The fraction of sp³-hybridized carbons (Fsp3) is 0.350. The first-order valence-corrected chi connectivity index (χ1v) is 10.1. The Morgan fingerprint density at radius 1 is 1.19 bits per heavy atom. The van der Waals surface area contributed by atoms with Crippen LogP contribution in [0.1, 0.15) is 27.0 Å². The van der Waals surface area contributed by atoms with Crippen LogP contribution >= 0.6 is 11.8 Å². The van der Waals surface area contributed by atoms with Gasteiger partial charge in [0.15, 0.2) is 0 Å². The molecule has 142 valence electrons. The number of rotatable bonds is 5. The van der Waals surface area contributed by atoms with Crippen LogP contribution in [-0.2, 0) is 6.54 Å². The van der Waals surface area contributed by atoms with Gasteiger partial charge in [0.05, 0.1) is 4.92 Å². The number of nitro groups is 1. The molecule has 1 saturated heterocycles. The third-order valence-electron chi connectivity index (χ3n) is 4.73. The summed E-state index contributed by atoms with van der Waals surface area (Å²) in [6, 6.07) is 10.8. The fourth-order valence-electron chi connectivity index (χ4n) is 3.19. The van der Waals surface area contributed by atoms with Crippen LogP contribution in [0.3, 0.4) is 0 Å². The van der Waals surface area contributed by atoms with Crippen LogP contribution in [0.4, 0.5) is 11.4 Å². The third kappa shape index (κ3) is 4.67. The maximum absolute atomic E-state index is 12.7. The number of nitro benzene ring substituents is 1. The second-order valence-electron chi connectivity index (χ2n) is 6.72. The zero-order chi connectivity index (χ0) is 19.4. The molecule has 27 heavy (non-hydrogen) atoms. The maximum Gasteiger partial charge on any atom is 0.285 e. The van der Waals surface area contributed by atoms with Crippen molar-refractivity contribution >= 4 is 29.0 Å². The van der Waals surface area contributed by atoms with Crippen LogP contribution in [0, 0.1) is 24.0 Å². The number of hydrogen-bond donors (Lipinski definition) is 1. The number of benzene rings is 2. The molecule has 0 aliphatic carbocycles. The van der Waals surface area contributed by atoms with E-state index in [4.69, 9.17) is 0 Å². The molecule has 0 radical (unpaired) electrons. The van der Waals surface area contributed by atoms with Crippen molar-refractivity contribution in [3.63, 3.8) is 0 Å². The summed E-state index contributed by atoms with van der Waals surface area (Å²) in [5, 5.41) is 14.2. The Kier molecular flexibility index (Phi) is 6.13. The number of nitrogens with zero attached hydrogens (tertiary/aromatic N) is 2. The van der Waals surface area contributed by atoms with Crippen LogP contribution in [-0.4, -0.2) is 40.3 Å². The number of carbonyl (C=O) groups excluding carboxylic acids is 1. The maximum atomic E-state index is 12.7. The summed E-state index contributed by atoms with van der Waals surface area (Å²) >= 11 is 1.97. The van der Waals surface area contributed by atoms with E-state index >= 15 is 0 Å². The summed E-state index contributed by atoms with van der Waals surface area (Å²) in [5.41, 5.74) is 3.16. The SMILES string of the molecule is Cc1ccc(CN2CCSCC2)cc1NC(=O)c1cccc(C)c1[N+](=O)[O-]. The predicted octanol–water partition coefficient (Wildman–Crippen LogP) is 4.01. The molecule has 1 heterocycles. The molecule has 0 saturated carbocycles. The van der Waals surface area contributed by atoms with Gasteiger partial charge in [-0.15, -0.1) is 0 Å². The quantitative estimate of drug-likeness (QED) is 0.622. The van der Waals surface area contributed by atoms with Crippen molar-refractivity contribution in [1.82, 2.24) is 4.90 Å². The van der Waals surface area contributed by atoms with Crippen molar-refractivity contribution in [2.24, 2.45) is 0 Å². The number of para-hydroxylation sites is 1. The molecule has 0 bridgehead atoms. The van der Waals surface area contributed by atoms with E-state index in [1.54, 1.807) is 19.1 Å². The molecule has 1 aliphatic heterocycles. The average Bonchev–Trinajstić information content (AvgIpc) is 2.64. The van der Waals surface area contributed by atoms with Crippen LogP contribution in [0.2, 0.25) is 0 Å². The van der Waals surface area contributed by atoms with Crippen LogP contribution in [0.15, 0.2) is 36.4 Å². The van der Waals surface area contributed by atoms with E-state index in [0.717, 1.165) is 42.3 Å². The van der Waals surface area contributed by atoms with E-state index < -0.39 is 10.8 Å². The Hall–Kier alpha value is -2.38. The summed E-state index contributed by atoms with van der Waals surface area (Å²) in [7, 11) is 0. The Balaban J connectivity index is 1.81. The molecule has 1 fully saturated rings. The van der Waals surface area contributed by atoms with Gasteiger partial charge in [-0.3, -0.25) is 19.8 Å². The molecule has 3 rings (SSSR count). The van der Waals surface area contributed by atoms with Crippen molar-refractivity contribution in [2.45, 2.75) is 20.4 Å². The normalized spacial score (nSPS) is 14.7. The molecule has 1 amide bonds. The lowest BCUT2D eigenvalue weighted by atomic mass is 10.1. The number of hydrogen-bond acceptors (Lipinski definition) is 5. The number of nitrogens with one attached hydrogen (secondary N) is 1. The summed E-state index contributed by atoms with van der Waals surface area (Å²) in [6.45, 7) is 6.53. The van der Waals surface area contributed by atoms with Crippen LogP contribution in [0.5, 0.6) is 0 Å². The van der Waals surface area contributed by atoms with Crippen molar-refractivity contribution in [1.29, 1.82) is 0 Å². The first-order valence-electron chi connectivity index (χ1n) is 8.90. The highest BCUT2D eigenvalue weighted by Gasteiger charge is 2.23. The molecular weight excluding hydrogens is 362 g/mol. The van der Waals surface area contributed by atoms with Gasteiger partial charge in [-0.2, -0.15) is 11.8 Å². The second-order valence-corrected chi connectivity index (χ2v) is 7.94. The first-order chi connectivity index (χ1) is 13.0. The zero-order valence-corrected chi connectivity index (χ0v) is 16.3. The van der Waals surface area contributed by atoms with Gasteiger partial charge < -0.3 is 5.32 Å². The molecule has 2 aromatic carbocycles. The van der Waals surface area contributed by atoms with Gasteiger partial charge in [0.1, 0.15) is 5.56 Å². The minimum absolute atomic E-state index is 0.0814. The van der Waals surface area contributed by atoms with Gasteiger partial charge in [-0.25, -0.2) is 0 Å². The summed E-state index contributed by atoms with van der Waals surface area (Å²) in [4.78, 5) is 26.0. The number of aryl methyl sites for hydroxylation is 2. The molecule has 2 aromatic rings. The van der Waals surface area contributed by atoms with Crippen molar-refractivity contribution in [3.8, 4) is 0 Å². The predicted molar refractivity (Wildman–Crippen MR) is 110 cm³/mol. The van der Waals surface area contributed by atoms with Crippen LogP contribution in [0.25, 0.3) is 0 Å². The molecule has 1 aliphatic rings. The number of carbonyl (C=O) groups is 1. The fourth-order valence-corrected chi connectivity index (χ4v) is 4.17. The molecule has 0 spiro atoms. The van der Waals surface area contributed by atoms with Gasteiger partial charge in [0, 0.05) is 42.4 Å². The summed E-state index contributed by atoms with van der Waals surface area (Å²) in [6.07, 6.45) is 0. The molecule has 7 heteroatoms. The van der Waals surface area contributed by atoms with Gasteiger partial charge >= 0.3 is 0 Å². The monoisotopic (exact) mass is 385 g/mol. The highest BCUT2D eigenvalue weighted by Crippen LogP contribution is 2.25. The van der Waals surface area contributed by atoms with E-state index in [0.29, 0.717) is 11.3 Å². The summed E-state index contributed by atoms with van der Waals surface area (Å²) in [5.74, 6) is 1.83. The minimum atomic E-state index is -0.498. The first kappa shape index (κ1) is 19.4. The standard InChI is InChI=1S/C20H23N3O3S/c1-14-6-7-16(13-22-8-10-27-11-9-22)12-18(14)21-20(24)17-5-3-4-15(2)19(17)23(25)26/h3-7,12H,8-11,13H2,1-2H3,(H,21,24). The van der Waals surface area contributed by atoms with E-state index in [1.807, 2.05) is 30.8 Å². The van der Waals surface area contributed by atoms with Crippen molar-refractivity contribution in [3.05, 3.63) is 68.8 Å². The van der Waals surface area contributed by atoms with Gasteiger partial charge in [-0.1, -0.05) is 24.3 Å². The van der Waals surface area contributed by atoms with Gasteiger partial charge in [-0.05, 0) is 37.1 Å². The Bertz CT molecular complexity index is 864. The van der Waals surface area contributed by atoms with E-state index in [-0.39, 0.29) is 11.3 Å². The largest absolute Gasteiger partial charge is 0.322 e. The Labute approximate surface area is 163 Å². The average molecular weight is 385 g/mol. The molecule has 1 N–H and O–H groups in total. The van der Waals surface area contributed by atoms with Gasteiger partial charge in [0.25, 0.3) is 11.6 Å². The Morgan fingerprint density at radius 2 is 1.93 bits per heavy atom. The Morgan fingerprint density at radius 3 is 2.63 bits per heavy atom. The van der Waals surface area contributed by atoms with Crippen molar-refractivity contribution in [2.75, 3.05) is 29.9 Å². The molecule has 0 unspecified atom stereocenters. The molecule has 0 aromatic heterocycles. The minimum Gasteiger partial charge on any atom is -0.322 e. The molecule has 6 nitrogen and oxygen atoms in total. The van der Waals surface area contributed by atoms with E-state index in [2.05, 4.69) is 16.3 Å². The lowest BCUT2D eigenvalue weighted by Gasteiger charge is -2.26. The van der Waals surface area contributed by atoms with E-state index in [1.165, 1.54) is 6.07 Å². The highest BCUT2D eigenvalue weighted by atomic mass is 32.2. The lowest BCUT2D eigenvalue weighted by molar-refractivity contribution is -0.385. The number of amides is 1. The summed E-state index contributed by atoms with van der Waals surface area (Å²) < 4.78 is 0.